The molecule has 0 amide bonds. The van der Waals surface area contributed by atoms with E-state index in [0.29, 0.717) is 6.04 Å². The van der Waals surface area contributed by atoms with E-state index in [0.717, 1.165) is 57.6 Å². The van der Waals surface area contributed by atoms with Gasteiger partial charge in [0.05, 0.1) is 18.9 Å². The first kappa shape index (κ1) is 18.1. The summed E-state index contributed by atoms with van der Waals surface area (Å²) in [6.07, 6.45) is 7.92. The Hall–Kier alpha value is -1.93. The molecular formula is C20H28N6OS. The molecule has 28 heavy (non-hydrogen) atoms. The molecule has 2 aromatic heterocycles. The van der Waals surface area contributed by atoms with Crippen molar-refractivity contribution >= 4 is 28.2 Å². The highest BCUT2D eigenvalue weighted by molar-refractivity contribution is 7.15. The number of aryl methyl sites for hydroxylation is 2. The number of thiazole rings is 1. The monoisotopic (exact) mass is 400 g/mol. The van der Waals surface area contributed by atoms with Gasteiger partial charge in [-0.3, -0.25) is 0 Å². The van der Waals surface area contributed by atoms with Crippen LogP contribution < -0.4 is 14.7 Å². The summed E-state index contributed by atoms with van der Waals surface area (Å²) in [6, 6.07) is 2.47. The van der Waals surface area contributed by atoms with Crippen LogP contribution in [0.15, 0.2) is 12.3 Å². The van der Waals surface area contributed by atoms with Gasteiger partial charge >= 0.3 is 0 Å². The Morgan fingerprint density at radius 1 is 1.11 bits per heavy atom. The molecule has 8 heteroatoms. The fourth-order valence-corrected chi connectivity index (χ4v) is 5.58. The predicted molar refractivity (Wildman–Crippen MR) is 113 cm³/mol. The Bertz CT molecular complexity index is 799. The number of rotatable bonds is 4. The van der Waals surface area contributed by atoms with Gasteiger partial charge in [0.1, 0.15) is 5.82 Å². The lowest BCUT2D eigenvalue weighted by Gasteiger charge is -2.38. The van der Waals surface area contributed by atoms with Crippen molar-refractivity contribution in [1.82, 2.24) is 15.0 Å². The maximum Gasteiger partial charge on any atom is 0.227 e. The summed E-state index contributed by atoms with van der Waals surface area (Å²) in [4.78, 5) is 22.8. The number of hydrogen-bond acceptors (Lipinski definition) is 8. The van der Waals surface area contributed by atoms with Crippen molar-refractivity contribution < 1.29 is 4.74 Å². The van der Waals surface area contributed by atoms with Crippen molar-refractivity contribution in [2.24, 2.45) is 0 Å². The zero-order chi connectivity index (χ0) is 18.9. The summed E-state index contributed by atoms with van der Waals surface area (Å²) in [7, 11) is 2.17. The minimum Gasteiger partial charge on any atom is -0.378 e. The molecule has 1 aliphatic carbocycles. The van der Waals surface area contributed by atoms with Gasteiger partial charge in [-0.2, -0.15) is 4.98 Å². The summed E-state index contributed by atoms with van der Waals surface area (Å²) < 4.78 is 5.45. The molecule has 0 saturated carbocycles. The van der Waals surface area contributed by atoms with Crippen LogP contribution in [0, 0.1) is 0 Å². The van der Waals surface area contributed by atoms with Crippen molar-refractivity contribution in [2.75, 3.05) is 61.1 Å². The zero-order valence-corrected chi connectivity index (χ0v) is 17.3. The van der Waals surface area contributed by atoms with Crippen LogP contribution in [0.5, 0.6) is 0 Å². The van der Waals surface area contributed by atoms with Gasteiger partial charge in [0.2, 0.25) is 5.95 Å². The number of hydrogen-bond donors (Lipinski definition) is 0. The Labute approximate surface area is 170 Å². The van der Waals surface area contributed by atoms with Gasteiger partial charge in [0, 0.05) is 50.3 Å². The van der Waals surface area contributed by atoms with E-state index in [2.05, 4.69) is 26.7 Å². The molecule has 2 fully saturated rings. The smallest absolute Gasteiger partial charge is 0.227 e. The first-order valence-electron chi connectivity index (χ1n) is 10.4. The second kappa shape index (κ2) is 7.83. The quantitative estimate of drug-likeness (QED) is 0.781. The van der Waals surface area contributed by atoms with Crippen LogP contribution in [0.4, 0.5) is 16.9 Å². The Kier molecular flexibility index (Phi) is 5.07. The Balaban J connectivity index is 1.29. The van der Waals surface area contributed by atoms with E-state index in [1.807, 2.05) is 23.6 Å². The predicted octanol–water partition coefficient (Wildman–Crippen LogP) is 2.36. The van der Waals surface area contributed by atoms with E-state index >= 15 is 0 Å². The molecule has 0 N–H and O–H groups in total. The fraction of sp³-hybridized carbons (Fsp3) is 0.650. The first-order valence-corrected chi connectivity index (χ1v) is 11.2. The van der Waals surface area contributed by atoms with Crippen molar-refractivity contribution in [3.05, 3.63) is 22.8 Å². The largest absolute Gasteiger partial charge is 0.378 e. The van der Waals surface area contributed by atoms with Crippen LogP contribution in [-0.4, -0.2) is 67.4 Å². The van der Waals surface area contributed by atoms with E-state index < -0.39 is 0 Å². The van der Waals surface area contributed by atoms with Crippen LogP contribution >= 0.6 is 11.3 Å². The highest BCUT2D eigenvalue weighted by atomic mass is 32.1. The highest BCUT2D eigenvalue weighted by Crippen LogP contribution is 2.34. The van der Waals surface area contributed by atoms with Crippen molar-refractivity contribution in [3.63, 3.8) is 0 Å². The third-order valence-electron chi connectivity index (χ3n) is 6.08. The van der Waals surface area contributed by atoms with Crippen molar-refractivity contribution in [2.45, 2.75) is 38.1 Å². The normalized spacial score (nSPS) is 22.4. The number of likely N-dealkylation sites (N-methyl/N-ethyl adjacent to an activating group) is 1. The molecule has 1 atom stereocenters. The highest BCUT2D eigenvalue weighted by Gasteiger charge is 2.28. The molecule has 2 aliphatic heterocycles. The summed E-state index contributed by atoms with van der Waals surface area (Å²) in [6.45, 7) is 5.34. The van der Waals surface area contributed by atoms with E-state index in [4.69, 9.17) is 14.7 Å². The van der Waals surface area contributed by atoms with E-state index in [9.17, 15) is 0 Å². The molecule has 0 radical (unpaired) electrons. The first-order chi connectivity index (χ1) is 13.8. The van der Waals surface area contributed by atoms with Gasteiger partial charge in [0.15, 0.2) is 5.13 Å². The van der Waals surface area contributed by atoms with Gasteiger partial charge in [-0.25, -0.2) is 9.97 Å². The number of piperidine rings is 1. The lowest BCUT2D eigenvalue weighted by Crippen LogP contribution is -2.47. The molecule has 0 bridgehead atoms. The Morgan fingerprint density at radius 3 is 2.86 bits per heavy atom. The molecule has 3 aliphatic rings. The third kappa shape index (κ3) is 3.55. The molecule has 150 valence electrons. The summed E-state index contributed by atoms with van der Waals surface area (Å²) in [5.41, 5.74) is 1.35. The number of nitrogens with zero attached hydrogens (tertiary/aromatic N) is 6. The van der Waals surface area contributed by atoms with Crippen molar-refractivity contribution in [1.29, 1.82) is 0 Å². The summed E-state index contributed by atoms with van der Waals surface area (Å²) in [5.74, 6) is 1.82. The van der Waals surface area contributed by atoms with Gasteiger partial charge in [-0.05, 0) is 38.2 Å². The van der Waals surface area contributed by atoms with Gasteiger partial charge in [0.25, 0.3) is 0 Å². The minimum atomic E-state index is 0.444. The van der Waals surface area contributed by atoms with Crippen LogP contribution in [0.2, 0.25) is 0 Å². The molecule has 4 heterocycles. The maximum absolute atomic E-state index is 5.45. The molecule has 0 spiro atoms. The fourth-order valence-electron chi connectivity index (χ4n) is 4.40. The summed E-state index contributed by atoms with van der Waals surface area (Å²) in [5, 5.41) is 1.22. The SMILES string of the molecule is CN(c1ccnc(N2CCOCC2)n1)C1CCCN(c2nc3c(s2)CCC3)C1. The van der Waals surface area contributed by atoms with Crippen LogP contribution in [-0.2, 0) is 17.6 Å². The van der Waals surface area contributed by atoms with Crippen LogP contribution in [0.25, 0.3) is 0 Å². The van der Waals surface area contributed by atoms with Gasteiger partial charge < -0.3 is 19.4 Å². The third-order valence-corrected chi connectivity index (χ3v) is 7.30. The molecular weight excluding hydrogens is 372 g/mol. The lowest BCUT2D eigenvalue weighted by atomic mass is 10.1. The average Bonchev–Trinajstić information content (AvgIpc) is 3.37. The molecule has 0 aromatic carbocycles. The molecule has 1 unspecified atom stereocenters. The maximum atomic E-state index is 5.45. The molecule has 5 rings (SSSR count). The lowest BCUT2D eigenvalue weighted by molar-refractivity contribution is 0.122. The van der Waals surface area contributed by atoms with E-state index in [1.165, 1.54) is 41.4 Å². The minimum absolute atomic E-state index is 0.444. The summed E-state index contributed by atoms with van der Waals surface area (Å²) >= 11 is 1.91. The second-order valence-electron chi connectivity index (χ2n) is 7.89. The number of morpholine rings is 1. The number of anilines is 3. The number of fused-ring (bicyclic) bond motifs is 1. The standard InChI is InChI=1S/C20H28N6OS/c1-24(18-7-8-21-19(23-18)25-10-12-27-13-11-25)15-4-3-9-26(14-15)20-22-16-5-2-6-17(16)28-20/h7-8,15H,2-6,9-14H2,1H3. The molecule has 7 nitrogen and oxygen atoms in total. The Morgan fingerprint density at radius 2 is 2.00 bits per heavy atom. The second-order valence-corrected chi connectivity index (χ2v) is 8.95. The average molecular weight is 401 g/mol. The number of aromatic nitrogens is 3. The van der Waals surface area contributed by atoms with Gasteiger partial charge in [-0.1, -0.05) is 0 Å². The van der Waals surface area contributed by atoms with Crippen LogP contribution in [0.1, 0.15) is 29.8 Å². The molecule has 2 saturated heterocycles. The topological polar surface area (TPSA) is 57.6 Å². The van der Waals surface area contributed by atoms with E-state index in [-0.39, 0.29) is 0 Å². The van der Waals surface area contributed by atoms with Crippen molar-refractivity contribution in [3.8, 4) is 0 Å². The van der Waals surface area contributed by atoms with Gasteiger partial charge in [-0.15, -0.1) is 11.3 Å². The number of ether oxygens (including phenoxy) is 1. The molecule has 2 aromatic rings. The van der Waals surface area contributed by atoms with E-state index in [1.54, 1.807) is 0 Å². The zero-order valence-electron chi connectivity index (χ0n) is 16.5. The van der Waals surface area contributed by atoms with Crippen LogP contribution in [0.3, 0.4) is 0 Å².